The van der Waals surface area contributed by atoms with E-state index >= 15 is 0 Å². The van der Waals surface area contributed by atoms with E-state index in [9.17, 15) is 4.79 Å². The maximum absolute atomic E-state index is 13.2. The van der Waals surface area contributed by atoms with Crippen molar-refractivity contribution in [3.05, 3.63) is 69.8 Å². The van der Waals surface area contributed by atoms with E-state index in [1.54, 1.807) is 6.92 Å². The summed E-state index contributed by atoms with van der Waals surface area (Å²) in [4.78, 5) is 13.2. The summed E-state index contributed by atoms with van der Waals surface area (Å²) < 4.78 is 13.9. The number of benzene rings is 2. The third-order valence-electron chi connectivity index (χ3n) is 9.38. The summed E-state index contributed by atoms with van der Waals surface area (Å²) in [5, 5.41) is 0. The smallest absolute Gasteiger partial charge is 0.201 e. The fourth-order valence-electron chi connectivity index (χ4n) is 6.99. The molecule has 0 spiro atoms. The molecule has 0 N–H and O–H groups in total. The van der Waals surface area contributed by atoms with Crippen LogP contribution in [0.5, 0.6) is 11.5 Å². The molecule has 0 bridgehead atoms. The first-order valence-electron chi connectivity index (χ1n) is 15.0. The van der Waals surface area contributed by atoms with E-state index in [0.29, 0.717) is 18.4 Å². The average molecular weight is 535 g/mol. The van der Waals surface area contributed by atoms with Crippen molar-refractivity contribution in [3.63, 3.8) is 0 Å². The van der Waals surface area contributed by atoms with Gasteiger partial charge in [-0.25, -0.2) is 0 Å². The monoisotopic (exact) mass is 534 g/mol. The zero-order chi connectivity index (χ0) is 29.8. The highest BCUT2D eigenvalue weighted by Gasteiger charge is 2.51. The van der Waals surface area contributed by atoms with Gasteiger partial charge in [-0.15, -0.1) is 0 Å². The van der Waals surface area contributed by atoms with E-state index in [0.717, 1.165) is 48.3 Å². The van der Waals surface area contributed by atoms with Gasteiger partial charge in [-0.2, -0.15) is 0 Å². The van der Waals surface area contributed by atoms with Gasteiger partial charge >= 0.3 is 0 Å². The Morgan fingerprint density at radius 2 is 1.08 bits per heavy atom. The molecule has 3 heteroatoms. The van der Waals surface area contributed by atoms with Crippen LogP contribution in [0.4, 0.5) is 0 Å². The second kappa shape index (κ2) is 12.7. The Labute approximate surface area is 239 Å². The Bertz CT molecular complexity index is 1130. The van der Waals surface area contributed by atoms with Gasteiger partial charge in [0, 0.05) is 5.41 Å². The molecule has 0 aromatic heterocycles. The topological polar surface area (TPSA) is 35.5 Å². The molecule has 0 atom stereocenters. The molecular formula is C36H54O3. The highest BCUT2D eigenvalue weighted by atomic mass is 16.5. The number of ether oxygens (including phenoxy) is 2. The predicted octanol–water partition coefficient (Wildman–Crippen LogP) is 10.0. The summed E-state index contributed by atoms with van der Waals surface area (Å²) in [7, 11) is 0. The van der Waals surface area contributed by atoms with Crippen LogP contribution in [0.1, 0.15) is 120 Å². The predicted molar refractivity (Wildman–Crippen MR) is 167 cm³/mol. The summed E-state index contributed by atoms with van der Waals surface area (Å²) in [5.41, 5.74) is 6.10. The van der Waals surface area contributed by atoms with E-state index in [1.165, 1.54) is 22.3 Å². The SMILES string of the molecule is C=C(C)C(=O)C(CC)(CC)Oc1c(C)cc(C(CC)(CC)C(CC)(CC)Oc2c(C)cc(C)cc2C)cc1C. The normalized spacial score (nSPS) is 12.4. The molecule has 0 radical (unpaired) electrons. The lowest BCUT2D eigenvalue weighted by molar-refractivity contribution is -0.131. The Hall–Kier alpha value is -2.55. The van der Waals surface area contributed by atoms with Crippen LogP contribution in [0, 0.1) is 34.6 Å². The first kappa shape index (κ1) is 32.7. The van der Waals surface area contributed by atoms with Gasteiger partial charge < -0.3 is 9.47 Å². The van der Waals surface area contributed by atoms with Crippen LogP contribution < -0.4 is 9.47 Å². The summed E-state index contributed by atoms with van der Waals surface area (Å²) in [6, 6.07) is 9.01. The molecule has 2 rings (SSSR count). The molecule has 0 aliphatic rings. The number of carbonyl (C=O) groups excluding carboxylic acids is 1. The van der Waals surface area contributed by atoms with Gasteiger partial charge in [-0.05, 0) is 113 Å². The summed E-state index contributed by atoms with van der Waals surface area (Å²) in [6.45, 7) is 29.5. The van der Waals surface area contributed by atoms with E-state index in [2.05, 4.69) is 93.2 Å². The fraction of sp³-hybridized carbons (Fsp3) is 0.583. The van der Waals surface area contributed by atoms with Crippen molar-refractivity contribution in [1.82, 2.24) is 0 Å². The van der Waals surface area contributed by atoms with Crippen molar-refractivity contribution >= 4 is 5.78 Å². The summed E-state index contributed by atoms with van der Waals surface area (Å²) >= 11 is 0. The lowest BCUT2D eigenvalue weighted by atomic mass is 9.61. The molecule has 0 aliphatic carbocycles. The number of hydrogen-bond donors (Lipinski definition) is 0. The van der Waals surface area contributed by atoms with Crippen LogP contribution in [0.15, 0.2) is 36.4 Å². The van der Waals surface area contributed by atoms with Crippen LogP contribution >= 0.6 is 0 Å². The summed E-state index contributed by atoms with van der Waals surface area (Å²) in [5.74, 6) is 1.81. The zero-order valence-corrected chi connectivity index (χ0v) is 27.0. The van der Waals surface area contributed by atoms with Crippen LogP contribution in [-0.2, 0) is 10.2 Å². The maximum atomic E-state index is 13.2. The quantitative estimate of drug-likeness (QED) is 0.226. The third-order valence-corrected chi connectivity index (χ3v) is 9.38. The van der Waals surface area contributed by atoms with Gasteiger partial charge in [0.2, 0.25) is 5.78 Å². The second-order valence-electron chi connectivity index (χ2n) is 11.7. The van der Waals surface area contributed by atoms with Crippen LogP contribution in [-0.4, -0.2) is 17.0 Å². The average Bonchev–Trinajstić information content (AvgIpc) is 2.90. The first-order valence-corrected chi connectivity index (χ1v) is 15.0. The minimum atomic E-state index is -0.893. The fourth-order valence-corrected chi connectivity index (χ4v) is 6.99. The highest BCUT2D eigenvalue weighted by Crippen LogP contribution is 2.50. The summed E-state index contributed by atoms with van der Waals surface area (Å²) in [6.07, 6.45) is 4.90. The molecule has 2 aromatic rings. The largest absolute Gasteiger partial charge is 0.486 e. The Morgan fingerprint density at radius 3 is 1.44 bits per heavy atom. The first-order chi connectivity index (χ1) is 18.3. The van der Waals surface area contributed by atoms with Gasteiger partial charge in [0.25, 0.3) is 0 Å². The molecule has 0 amide bonds. The molecule has 0 aliphatic heterocycles. The Morgan fingerprint density at radius 1 is 0.667 bits per heavy atom. The Balaban J connectivity index is 2.74. The number of hydrogen-bond acceptors (Lipinski definition) is 3. The molecule has 0 unspecified atom stereocenters. The molecule has 216 valence electrons. The maximum Gasteiger partial charge on any atom is 0.201 e. The van der Waals surface area contributed by atoms with Crippen molar-refractivity contribution < 1.29 is 14.3 Å². The third kappa shape index (κ3) is 5.83. The van der Waals surface area contributed by atoms with E-state index in [1.807, 2.05) is 13.8 Å². The number of aryl methyl sites for hydroxylation is 5. The lowest BCUT2D eigenvalue weighted by Gasteiger charge is -2.51. The minimum absolute atomic E-state index is 0.0138. The van der Waals surface area contributed by atoms with Crippen molar-refractivity contribution in [2.75, 3.05) is 0 Å². The second-order valence-corrected chi connectivity index (χ2v) is 11.7. The van der Waals surface area contributed by atoms with E-state index < -0.39 is 5.60 Å². The van der Waals surface area contributed by atoms with Crippen molar-refractivity contribution in [2.24, 2.45) is 0 Å². The van der Waals surface area contributed by atoms with Gasteiger partial charge in [-0.1, -0.05) is 78.0 Å². The van der Waals surface area contributed by atoms with Gasteiger partial charge in [-0.3, -0.25) is 4.79 Å². The highest BCUT2D eigenvalue weighted by molar-refractivity contribution is 6.01. The number of ketones is 1. The molecule has 0 fully saturated rings. The van der Waals surface area contributed by atoms with Gasteiger partial charge in [0.15, 0.2) is 5.60 Å². The lowest BCUT2D eigenvalue weighted by Crippen LogP contribution is -2.55. The van der Waals surface area contributed by atoms with Crippen LogP contribution in [0.2, 0.25) is 0 Å². The standard InChI is InChI=1S/C36H54O3/c1-14-34(15-2,36(18-5,19-6)39-32-26(10)20-25(9)21-27(32)11)30-22-28(12)31(29(13)23-30)38-35(16-3,17-4)33(37)24(7)8/h20-23H,7,14-19H2,1-6,8-13H3. The minimum Gasteiger partial charge on any atom is -0.486 e. The molecule has 3 nitrogen and oxygen atoms in total. The molecular weight excluding hydrogens is 480 g/mol. The zero-order valence-electron chi connectivity index (χ0n) is 27.0. The molecule has 0 saturated carbocycles. The molecule has 0 heterocycles. The molecule has 2 aromatic carbocycles. The van der Waals surface area contributed by atoms with Crippen LogP contribution in [0.3, 0.4) is 0 Å². The van der Waals surface area contributed by atoms with Crippen molar-refractivity contribution in [2.45, 2.75) is 138 Å². The van der Waals surface area contributed by atoms with Crippen LogP contribution in [0.25, 0.3) is 0 Å². The number of rotatable bonds is 14. The van der Waals surface area contributed by atoms with E-state index in [-0.39, 0.29) is 16.8 Å². The molecule has 39 heavy (non-hydrogen) atoms. The Kier molecular flexibility index (Phi) is 10.7. The van der Waals surface area contributed by atoms with Crippen molar-refractivity contribution in [3.8, 4) is 11.5 Å². The molecule has 0 saturated heterocycles. The van der Waals surface area contributed by atoms with E-state index in [4.69, 9.17) is 9.47 Å². The number of Topliss-reactive ketones (excluding diaryl/α,β-unsaturated/α-hetero) is 1. The van der Waals surface area contributed by atoms with Gasteiger partial charge in [0.05, 0.1) is 0 Å². The number of carbonyl (C=O) groups is 1. The van der Waals surface area contributed by atoms with Crippen molar-refractivity contribution in [1.29, 1.82) is 0 Å². The van der Waals surface area contributed by atoms with Gasteiger partial charge in [0.1, 0.15) is 17.1 Å².